The number of methoxy groups -OCH3 is 2. The number of amides is 2. The van der Waals surface area contributed by atoms with Crippen LogP contribution < -0.4 is 20.1 Å². The van der Waals surface area contributed by atoms with Crippen LogP contribution in [0.3, 0.4) is 0 Å². The average molecular weight is 424 g/mol. The van der Waals surface area contributed by atoms with Gasteiger partial charge in [0.05, 0.1) is 33.1 Å². The van der Waals surface area contributed by atoms with Crippen LogP contribution in [0.4, 0.5) is 10.5 Å². The van der Waals surface area contributed by atoms with Crippen molar-refractivity contribution in [3.05, 3.63) is 17.7 Å². The highest BCUT2D eigenvalue weighted by atomic mass is 16.6. The van der Waals surface area contributed by atoms with Crippen molar-refractivity contribution < 1.29 is 28.5 Å². The Bertz CT molecular complexity index is 701. The molecule has 1 heterocycles. The summed E-state index contributed by atoms with van der Waals surface area (Å²) in [6, 6.07) is 3.13. The summed E-state index contributed by atoms with van der Waals surface area (Å²) in [5.41, 5.74) is 0.0576. The molecule has 0 aliphatic carbocycles. The molecule has 0 unspecified atom stereocenters. The maximum absolute atomic E-state index is 12.8. The predicted molar refractivity (Wildman–Crippen MR) is 114 cm³/mol. The SMILES string of the molecule is COc1cc(NC(=O)OC(C)(C)C)cc(OC)c1C(=O)NCCCN1CCOCC1. The normalized spacial score (nSPS) is 14.7. The maximum atomic E-state index is 12.8. The Kier molecular flexibility index (Phi) is 8.73. The minimum atomic E-state index is -0.626. The van der Waals surface area contributed by atoms with Crippen LogP contribution >= 0.6 is 0 Å². The van der Waals surface area contributed by atoms with Gasteiger partial charge in [0.25, 0.3) is 5.91 Å². The second kappa shape index (κ2) is 11.0. The van der Waals surface area contributed by atoms with Crippen LogP contribution in [0.1, 0.15) is 37.6 Å². The van der Waals surface area contributed by atoms with E-state index in [1.807, 2.05) is 0 Å². The van der Waals surface area contributed by atoms with E-state index in [4.69, 9.17) is 18.9 Å². The van der Waals surface area contributed by atoms with E-state index in [-0.39, 0.29) is 11.5 Å². The minimum absolute atomic E-state index is 0.279. The largest absolute Gasteiger partial charge is 0.496 e. The Labute approximate surface area is 178 Å². The fourth-order valence-electron chi connectivity index (χ4n) is 3.05. The lowest BCUT2D eigenvalue weighted by molar-refractivity contribution is 0.0374. The molecule has 0 spiro atoms. The van der Waals surface area contributed by atoms with Gasteiger partial charge in [0, 0.05) is 31.8 Å². The predicted octanol–water partition coefficient (Wildman–Crippen LogP) is 2.50. The number of hydrogen-bond donors (Lipinski definition) is 2. The van der Waals surface area contributed by atoms with Crippen molar-refractivity contribution in [2.45, 2.75) is 32.8 Å². The van der Waals surface area contributed by atoms with Crippen molar-refractivity contribution in [2.75, 3.05) is 58.9 Å². The van der Waals surface area contributed by atoms with Gasteiger partial charge in [-0.2, -0.15) is 0 Å². The van der Waals surface area contributed by atoms with Crippen LogP contribution in [-0.2, 0) is 9.47 Å². The molecule has 1 aliphatic rings. The highest BCUT2D eigenvalue weighted by Crippen LogP contribution is 2.33. The molecule has 30 heavy (non-hydrogen) atoms. The third-order valence-electron chi connectivity index (χ3n) is 4.42. The van der Waals surface area contributed by atoms with Gasteiger partial charge < -0.3 is 24.3 Å². The van der Waals surface area contributed by atoms with E-state index in [1.54, 1.807) is 32.9 Å². The lowest BCUT2D eigenvalue weighted by atomic mass is 10.1. The zero-order chi connectivity index (χ0) is 22.1. The summed E-state index contributed by atoms with van der Waals surface area (Å²) < 4.78 is 21.4. The molecule has 1 saturated heterocycles. The molecule has 2 rings (SSSR count). The van der Waals surface area contributed by atoms with E-state index in [0.29, 0.717) is 23.7 Å². The van der Waals surface area contributed by atoms with Gasteiger partial charge in [-0.1, -0.05) is 0 Å². The molecule has 1 fully saturated rings. The molecular weight excluding hydrogens is 390 g/mol. The third kappa shape index (κ3) is 7.38. The topological polar surface area (TPSA) is 98.4 Å². The monoisotopic (exact) mass is 423 g/mol. The number of nitrogens with zero attached hydrogens (tertiary/aromatic N) is 1. The first kappa shape index (κ1) is 23.8. The maximum Gasteiger partial charge on any atom is 0.412 e. The van der Waals surface area contributed by atoms with E-state index in [1.165, 1.54) is 14.2 Å². The Hall–Kier alpha value is -2.52. The van der Waals surface area contributed by atoms with Gasteiger partial charge in [-0.15, -0.1) is 0 Å². The average Bonchev–Trinajstić information content (AvgIpc) is 2.69. The standard InChI is InChI=1S/C21H33N3O6/c1-21(2,3)30-20(26)23-15-13-16(27-4)18(17(14-15)28-5)19(25)22-7-6-8-24-9-11-29-12-10-24/h13-14H,6-12H2,1-5H3,(H,22,25)(H,23,26). The first-order chi connectivity index (χ1) is 14.2. The molecule has 2 amide bonds. The fraction of sp³-hybridized carbons (Fsp3) is 0.619. The number of hydrogen-bond acceptors (Lipinski definition) is 7. The van der Waals surface area contributed by atoms with Gasteiger partial charge in [-0.05, 0) is 33.7 Å². The number of ether oxygens (including phenoxy) is 4. The first-order valence-electron chi connectivity index (χ1n) is 10.1. The van der Waals surface area contributed by atoms with E-state index in [0.717, 1.165) is 39.3 Å². The van der Waals surface area contributed by atoms with E-state index in [9.17, 15) is 9.59 Å². The fourth-order valence-corrected chi connectivity index (χ4v) is 3.05. The Morgan fingerprint density at radius 1 is 1.10 bits per heavy atom. The van der Waals surface area contributed by atoms with Crippen molar-refractivity contribution in [3.8, 4) is 11.5 Å². The second-order valence-corrected chi connectivity index (χ2v) is 7.95. The van der Waals surface area contributed by atoms with Crippen molar-refractivity contribution in [1.82, 2.24) is 10.2 Å². The van der Waals surface area contributed by atoms with Crippen LogP contribution in [0.2, 0.25) is 0 Å². The van der Waals surface area contributed by atoms with Crippen LogP contribution in [-0.4, -0.2) is 76.1 Å². The van der Waals surface area contributed by atoms with Crippen LogP contribution in [0.5, 0.6) is 11.5 Å². The number of benzene rings is 1. The van der Waals surface area contributed by atoms with Crippen molar-refractivity contribution in [1.29, 1.82) is 0 Å². The number of rotatable bonds is 8. The van der Waals surface area contributed by atoms with Crippen molar-refractivity contribution >= 4 is 17.7 Å². The Morgan fingerprint density at radius 2 is 1.70 bits per heavy atom. The molecule has 0 saturated carbocycles. The Balaban J connectivity index is 2.01. The number of anilines is 1. The van der Waals surface area contributed by atoms with E-state index < -0.39 is 11.7 Å². The highest BCUT2D eigenvalue weighted by Gasteiger charge is 2.22. The molecule has 0 atom stereocenters. The zero-order valence-corrected chi connectivity index (χ0v) is 18.5. The smallest absolute Gasteiger partial charge is 0.412 e. The lowest BCUT2D eigenvalue weighted by Gasteiger charge is -2.26. The lowest BCUT2D eigenvalue weighted by Crippen LogP contribution is -2.38. The van der Waals surface area contributed by atoms with Crippen LogP contribution in [0, 0.1) is 0 Å². The first-order valence-corrected chi connectivity index (χ1v) is 10.1. The van der Waals surface area contributed by atoms with Gasteiger partial charge >= 0.3 is 6.09 Å². The van der Waals surface area contributed by atoms with Crippen LogP contribution in [0.25, 0.3) is 0 Å². The second-order valence-electron chi connectivity index (χ2n) is 7.95. The molecule has 9 heteroatoms. The van der Waals surface area contributed by atoms with Gasteiger partial charge in [0.2, 0.25) is 0 Å². The van der Waals surface area contributed by atoms with Crippen LogP contribution in [0.15, 0.2) is 12.1 Å². The molecule has 9 nitrogen and oxygen atoms in total. The quantitative estimate of drug-likeness (QED) is 0.620. The molecule has 1 aliphatic heterocycles. The van der Waals surface area contributed by atoms with Crippen molar-refractivity contribution in [3.63, 3.8) is 0 Å². The van der Waals surface area contributed by atoms with Gasteiger partial charge in [0.1, 0.15) is 22.7 Å². The molecule has 2 N–H and O–H groups in total. The summed E-state index contributed by atoms with van der Waals surface area (Å²) in [6.07, 6.45) is 0.223. The molecule has 1 aromatic carbocycles. The van der Waals surface area contributed by atoms with E-state index >= 15 is 0 Å². The Morgan fingerprint density at radius 3 is 2.23 bits per heavy atom. The van der Waals surface area contributed by atoms with E-state index in [2.05, 4.69) is 15.5 Å². The highest BCUT2D eigenvalue weighted by molar-refractivity contribution is 6.01. The molecule has 0 radical (unpaired) electrons. The molecule has 0 bridgehead atoms. The molecule has 0 aromatic heterocycles. The van der Waals surface area contributed by atoms with Gasteiger partial charge in [-0.3, -0.25) is 15.0 Å². The summed E-state index contributed by atoms with van der Waals surface area (Å²) in [4.78, 5) is 27.1. The van der Waals surface area contributed by atoms with Gasteiger partial charge in [0.15, 0.2) is 0 Å². The summed E-state index contributed by atoms with van der Waals surface area (Å²) in [7, 11) is 2.92. The van der Waals surface area contributed by atoms with Crippen molar-refractivity contribution in [2.24, 2.45) is 0 Å². The number of nitrogens with one attached hydrogen (secondary N) is 2. The van der Waals surface area contributed by atoms with Gasteiger partial charge in [-0.25, -0.2) is 4.79 Å². The molecular formula is C21H33N3O6. The number of morpholine rings is 1. The summed E-state index contributed by atoms with van der Waals surface area (Å²) in [5, 5.41) is 5.54. The summed E-state index contributed by atoms with van der Waals surface area (Å²) in [5.74, 6) is 0.298. The minimum Gasteiger partial charge on any atom is -0.496 e. The molecule has 1 aromatic rings. The number of carbonyl (C=O) groups excluding carboxylic acids is 2. The third-order valence-corrected chi connectivity index (χ3v) is 4.42. The zero-order valence-electron chi connectivity index (χ0n) is 18.5. The summed E-state index contributed by atoms with van der Waals surface area (Å²) in [6.45, 7) is 10.1. The summed E-state index contributed by atoms with van der Waals surface area (Å²) >= 11 is 0. The number of carbonyl (C=O) groups is 2. The molecule has 168 valence electrons.